The molecule has 0 rings (SSSR count). The molecule has 0 aromatic rings. The number of hydrogen-bond donors (Lipinski definition) is 1. The van der Waals surface area contributed by atoms with E-state index in [1.807, 2.05) is 0 Å². The van der Waals surface area contributed by atoms with Crippen LogP contribution in [-0.2, 0) is 9.53 Å². The molecule has 17 heavy (non-hydrogen) atoms. The van der Waals surface area contributed by atoms with E-state index in [0.29, 0.717) is 18.2 Å². The Hall–Kier alpha value is -0.780. The van der Waals surface area contributed by atoms with Gasteiger partial charge in [-0.25, -0.2) is 9.59 Å². The number of carboxylic acids is 1. The van der Waals surface area contributed by atoms with Crippen LogP contribution in [0, 0.1) is 0 Å². The van der Waals surface area contributed by atoms with Gasteiger partial charge in [0, 0.05) is 12.4 Å². The Morgan fingerprint density at radius 2 is 1.94 bits per heavy atom. The molecule has 0 bridgehead atoms. The third kappa shape index (κ3) is 6.51. The molecule has 0 heterocycles. The fraction of sp³-hybridized carbons (Fsp3) is 0.818. The summed E-state index contributed by atoms with van der Waals surface area (Å²) in [4.78, 5) is 23.9. The third-order valence-electron chi connectivity index (χ3n) is 2.05. The van der Waals surface area contributed by atoms with Crippen molar-refractivity contribution in [2.75, 3.05) is 12.4 Å². The molecule has 0 saturated heterocycles. The summed E-state index contributed by atoms with van der Waals surface area (Å²) in [6.45, 7) is 5.23. The van der Waals surface area contributed by atoms with Crippen molar-refractivity contribution in [3.63, 3.8) is 0 Å². The first-order valence-corrected chi connectivity index (χ1v) is 6.55. The van der Waals surface area contributed by atoms with Gasteiger partial charge in [0.25, 0.3) is 0 Å². The average Bonchev–Trinajstić information content (AvgIpc) is 2.14. The van der Waals surface area contributed by atoms with E-state index < -0.39 is 23.7 Å². The number of alkyl halides is 1. The van der Waals surface area contributed by atoms with Crippen LogP contribution in [0.5, 0.6) is 0 Å². The van der Waals surface area contributed by atoms with E-state index in [0.717, 1.165) is 4.90 Å². The van der Waals surface area contributed by atoms with Crippen LogP contribution in [0.1, 0.15) is 33.6 Å². The highest BCUT2D eigenvalue weighted by molar-refractivity contribution is 9.09. The van der Waals surface area contributed by atoms with Crippen molar-refractivity contribution in [3.8, 4) is 0 Å². The first-order valence-electron chi connectivity index (χ1n) is 5.43. The monoisotopic (exact) mass is 309 g/mol. The summed E-state index contributed by atoms with van der Waals surface area (Å²) in [7, 11) is 1.45. The molecule has 0 aromatic carbocycles. The molecule has 1 N–H and O–H groups in total. The molecule has 0 aliphatic heterocycles. The zero-order chi connectivity index (χ0) is 13.6. The van der Waals surface area contributed by atoms with Gasteiger partial charge in [-0.2, -0.15) is 0 Å². The fourth-order valence-electron chi connectivity index (χ4n) is 1.21. The molecule has 0 unspecified atom stereocenters. The van der Waals surface area contributed by atoms with E-state index in [2.05, 4.69) is 15.9 Å². The van der Waals surface area contributed by atoms with Gasteiger partial charge in [0.15, 0.2) is 0 Å². The number of aliphatic carboxylic acids is 1. The lowest BCUT2D eigenvalue weighted by Gasteiger charge is -2.28. The number of halogens is 1. The van der Waals surface area contributed by atoms with Crippen LogP contribution in [0.3, 0.4) is 0 Å². The Morgan fingerprint density at radius 1 is 1.41 bits per heavy atom. The van der Waals surface area contributed by atoms with Crippen molar-refractivity contribution < 1.29 is 19.4 Å². The fourth-order valence-corrected chi connectivity index (χ4v) is 1.54. The summed E-state index contributed by atoms with van der Waals surface area (Å²) in [5, 5.41) is 9.76. The molecule has 1 amide bonds. The van der Waals surface area contributed by atoms with Crippen molar-refractivity contribution in [3.05, 3.63) is 0 Å². The third-order valence-corrected chi connectivity index (χ3v) is 2.61. The predicted octanol–water partition coefficient (Wildman–Crippen LogP) is 2.48. The minimum Gasteiger partial charge on any atom is -0.480 e. The van der Waals surface area contributed by atoms with Crippen molar-refractivity contribution in [2.45, 2.75) is 45.3 Å². The van der Waals surface area contributed by atoms with E-state index in [-0.39, 0.29) is 0 Å². The lowest BCUT2D eigenvalue weighted by atomic mass is 10.1. The van der Waals surface area contributed by atoms with Gasteiger partial charge < -0.3 is 9.84 Å². The summed E-state index contributed by atoms with van der Waals surface area (Å²) in [6.07, 6.45) is 0.472. The minimum absolute atomic E-state index is 0.399. The molecule has 1 atom stereocenters. The smallest absolute Gasteiger partial charge is 0.410 e. The summed E-state index contributed by atoms with van der Waals surface area (Å²) in [5.74, 6) is -1.01. The number of nitrogens with zero attached hydrogens (tertiary/aromatic N) is 1. The Morgan fingerprint density at radius 3 is 2.29 bits per heavy atom. The second-order valence-corrected chi connectivity index (χ2v) is 5.57. The number of carboxylic acid groups (broad SMARTS) is 1. The lowest BCUT2D eigenvalue weighted by molar-refractivity contribution is -0.142. The maximum absolute atomic E-state index is 11.7. The van der Waals surface area contributed by atoms with Gasteiger partial charge in [0.05, 0.1) is 0 Å². The Kier molecular flexibility index (Phi) is 6.52. The largest absolute Gasteiger partial charge is 0.480 e. The minimum atomic E-state index is -1.01. The zero-order valence-electron chi connectivity index (χ0n) is 10.7. The van der Waals surface area contributed by atoms with Crippen LogP contribution in [0.15, 0.2) is 0 Å². The van der Waals surface area contributed by atoms with Crippen molar-refractivity contribution >= 4 is 28.0 Å². The number of hydrogen-bond acceptors (Lipinski definition) is 3. The van der Waals surface area contributed by atoms with Gasteiger partial charge in [-0.1, -0.05) is 15.9 Å². The quantitative estimate of drug-likeness (QED) is 0.792. The summed E-state index contributed by atoms with van der Waals surface area (Å²) in [5.41, 5.74) is -0.621. The Balaban J connectivity index is 4.55. The van der Waals surface area contributed by atoms with Crippen LogP contribution in [0.4, 0.5) is 4.79 Å². The highest BCUT2D eigenvalue weighted by Gasteiger charge is 2.29. The van der Waals surface area contributed by atoms with E-state index in [9.17, 15) is 9.59 Å². The van der Waals surface area contributed by atoms with Crippen molar-refractivity contribution in [1.82, 2.24) is 4.90 Å². The summed E-state index contributed by atoms with van der Waals surface area (Å²) >= 11 is 3.23. The van der Waals surface area contributed by atoms with Gasteiger partial charge >= 0.3 is 12.1 Å². The summed E-state index contributed by atoms with van der Waals surface area (Å²) in [6, 6.07) is -0.845. The van der Waals surface area contributed by atoms with Gasteiger partial charge in [-0.15, -0.1) is 0 Å². The molecular weight excluding hydrogens is 290 g/mol. The topological polar surface area (TPSA) is 66.8 Å². The lowest BCUT2D eigenvalue weighted by Crippen LogP contribution is -2.44. The molecule has 0 saturated carbocycles. The number of amides is 1. The molecule has 0 aromatic heterocycles. The molecule has 5 nitrogen and oxygen atoms in total. The van der Waals surface area contributed by atoms with E-state index in [1.54, 1.807) is 20.8 Å². The van der Waals surface area contributed by atoms with Crippen LogP contribution >= 0.6 is 15.9 Å². The Labute approximate surface area is 110 Å². The Bertz CT molecular complexity index is 275. The van der Waals surface area contributed by atoms with Crippen molar-refractivity contribution in [2.24, 2.45) is 0 Å². The number of likely N-dealkylation sites (N-methyl/N-ethyl adjacent to an activating group) is 1. The molecule has 0 aliphatic rings. The molecule has 0 aliphatic carbocycles. The van der Waals surface area contributed by atoms with Gasteiger partial charge in [-0.05, 0) is 33.6 Å². The van der Waals surface area contributed by atoms with Gasteiger partial charge in [-0.3, -0.25) is 4.90 Å². The highest BCUT2D eigenvalue weighted by Crippen LogP contribution is 2.13. The normalized spacial score (nSPS) is 13.0. The van der Waals surface area contributed by atoms with E-state index in [1.165, 1.54) is 7.05 Å². The predicted molar refractivity (Wildman–Crippen MR) is 68.4 cm³/mol. The number of rotatable bonds is 5. The maximum atomic E-state index is 11.7. The van der Waals surface area contributed by atoms with Gasteiger partial charge in [0.2, 0.25) is 0 Å². The zero-order valence-corrected chi connectivity index (χ0v) is 12.3. The molecule has 0 radical (unpaired) electrons. The SMILES string of the molecule is CN(C(=O)OC(C)(C)C)[C@@H](CCCBr)C(=O)O. The second-order valence-electron chi connectivity index (χ2n) is 4.78. The first kappa shape index (κ1) is 16.2. The second kappa shape index (κ2) is 6.83. The molecular formula is C11H20BrNO4. The number of ether oxygens (including phenoxy) is 1. The average molecular weight is 310 g/mol. The molecule has 0 fully saturated rings. The van der Waals surface area contributed by atoms with Crippen LogP contribution in [0.2, 0.25) is 0 Å². The van der Waals surface area contributed by atoms with E-state index in [4.69, 9.17) is 9.84 Å². The van der Waals surface area contributed by atoms with Crippen LogP contribution in [-0.4, -0.2) is 46.1 Å². The molecule has 100 valence electrons. The highest BCUT2D eigenvalue weighted by atomic mass is 79.9. The van der Waals surface area contributed by atoms with Gasteiger partial charge in [0.1, 0.15) is 11.6 Å². The first-order chi connectivity index (χ1) is 7.69. The van der Waals surface area contributed by atoms with Crippen LogP contribution < -0.4 is 0 Å². The van der Waals surface area contributed by atoms with Crippen LogP contribution in [0.25, 0.3) is 0 Å². The molecule has 6 heteroatoms. The molecule has 0 spiro atoms. The maximum Gasteiger partial charge on any atom is 0.410 e. The van der Waals surface area contributed by atoms with E-state index >= 15 is 0 Å². The van der Waals surface area contributed by atoms with Crippen molar-refractivity contribution in [1.29, 1.82) is 0 Å². The number of carbonyl (C=O) groups excluding carboxylic acids is 1. The standard InChI is InChI=1S/C11H20BrNO4/c1-11(2,3)17-10(16)13(4)8(9(14)15)6-5-7-12/h8H,5-7H2,1-4H3,(H,14,15)/t8-/m0/s1. The number of carbonyl (C=O) groups is 2. The summed E-state index contributed by atoms with van der Waals surface area (Å²) < 4.78 is 5.12.